The molecule has 0 aromatic carbocycles. The Hall–Kier alpha value is -0.910. The van der Waals surface area contributed by atoms with Gasteiger partial charge in [0.2, 0.25) is 0 Å². The van der Waals surface area contributed by atoms with Crippen LogP contribution in [0.2, 0.25) is 0 Å². The summed E-state index contributed by atoms with van der Waals surface area (Å²) in [6.07, 6.45) is 6.81. The Morgan fingerprint density at radius 1 is 1.24 bits per heavy atom. The molecule has 0 spiro atoms. The van der Waals surface area contributed by atoms with Crippen LogP contribution in [-0.2, 0) is 4.79 Å². The maximum absolute atomic E-state index is 12.5. The Balaban J connectivity index is 2.00. The molecule has 0 aromatic heterocycles. The molecule has 21 heavy (non-hydrogen) atoms. The van der Waals surface area contributed by atoms with Crippen molar-refractivity contribution in [2.45, 2.75) is 62.9 Å². The van der Waals surface area contributed by atoms with Gasteiger partial charge in [0, 0.05) is 13.1 Å². The van der Waals surface area contributed by atoms with Gasteiger partial charge >= 0.3 is 12.0 Å². The van der Waals surface area contributed by atoms with Crippen LogP contribution in [0.1, 0.15) is 51.4 Å². The average molecular weight is 314 g/mol. The van der Waals surface area contributed by atoms with Gasteiger partial charge in [-0.3, -0.25) is 4.79 Å². The molecule has 0 bridgehead atoms. The van der Waals surface area contributed by atoms with Crippen molar-refractivity contribution in [1.82, 2.24) is 10.2 Å². The van der Waals surface area contributed by atoms with E-state index in [1.807, 2.05) is 11.8 Å². The first kappa shape index (κ1) is 16.5. The quantitative estimate of drug-likeness (QED) is 0.837. The lowest BCUT2D eigenvalue weighted by molar-refractivity contribution is -0.140. The standard InChI is InChI=1S/C15H26N2O3S/c1-17(14(20)16-12-5-9-21-10-6-12)15(11-13(18)19)7-3-2-4-8-15/h12H,2-11H2,1H3,(H,16,20)(H,18,19). The molecule has 1 aliphatic carbocycles. The van der Waals surface area contributed by atoms with Gasteiger partial charge in [0.1, 0.15) is 0 Å². The minimum absolute atomic E-state index is 0.0530. The van der Waals surface area contributed by atoms with Crippen molar-refractivity contribution in [3.05, 3.63) is 0 Å². The van der Waals surface area contributed by atoms with E-state index in [4.69, 9.17) is 0 Å². The van der Waals surface area contributed by atoms with E-state index in [0.29, 0.717) is 0 Å². The number of urea groups is 1. The number of carboxylic acid groups (broad SMARTS) is 1. The zero-order valence-corrected chi connectivity index (χ0v) is 13.6. The van der Waals surface area contributed by atoms with Crippen molar-refractivity contribution < 1.29 is 14.7 Å². The molecule has 2 rings (SSSR count). The normalized spacial score (nSPS) is 22.5. The molecule has 1 heterocycles. The fourth-order valence-electron chi connectivity index (χ4n) is 3.45. The molecule has 120 valence electrons. The minimum Gasteiger partial charge on any atom is -0.481 e. The SMILES string of the molecule is CN(C(=O)NC1CCSCC1)C1(CC(=O)O)CCCCC1. The molecule has 0 radical (unpaired) electrons. The molecule has 6 heteroatoms. The summed E-state index contributed by atoms with van der Waals surface area (Å²) in [6, 6.07) is 0.140. The zero-order chi connectivity index (χ0) is 15.3. The third kappa shape index (κ3) is 4.28. The molecule has 0 unspecified atom stereocenters. The number of carbonyl (C=O) groups excluding carboxylic acids is 1. The molecule has 1 saturated carbocycles. The number of nitrogens with one attached hydrogen (secondary N) is 1. The van der Waals surface area contributed by atoms with Gasteiger partial charge in [-0.1, -0.05) is 19.3 Å². The van der Waals surface area contributed by atoms with Crippen LogP contribution >= 0.6 is 11.8 Å². The fraction of sp³-hybridized carbons (Fsp3) is 0.867. The van der Waals surface area contributed by atoms with Gasteiger partial charge < -0.3 is 15.3 Å². The van der Waals surface area contributed by atoms with Crippen LogP contribution in [0.15, 0.2) is 0 Å². The van der Waals surface area contributed by atoms with Gasteiger partial charge in [-0.2, -0.15) is 11.8 Å². The molecule has 2 N–H and O–H groups in total. The number of rotatable bonds is 4. The Kier molecular flexibility index (Phi) is 5.79. The summed E-state index contributed by atoms with van der Waals surface area (Å²) < 4.78 is 0. The van der Waals surface area contributed by atoms with Gasteiger partial charge in [0.25, 0.3) is 0 Å². The van der Waals surface area contributed by atoms with E-state index >= 15 is 0 Å². The predicted octanol–water partition coefficient (Wildman–Crippen LogP) is 2.70. The van der Waals surface area contributed by atoms with Gasteiger partial charge in [-0.25, -0.2) is 4.79 Å². The molecule has 0 atom stereocenters. The van der Waals surface area contributed by atoms with E-state index < -0.39 is 11.5 Å². The third-order valence-corrected chi connectivity index (χ3v) is 5.88. The average Bonchev–Trinajstić information content (AvgIpc) is 2.47. The van der Waals surface area contributed by atoms with Crippen molar-refractivity contribution in [3.63, 3.8) is 0 Å². The monoisotopic (exact) mass is 314 g/mol. The van der Waals surface area contributed by atoms with Crippen LogP contribution in [0, 0.1) is 0 Å². The first-order valence-corrected chi connectivity index (χ1v) is 9.03. The number of hydrogen-bond donors (Lipinski definition) is 2. The lowest BCUT2D eigenvalue weighted by Gasteiger charge is -2.44. The maximum atomic E-state index is 12.5. The van der Waals surface area contributed by atoms with Crippen molar-refractivity contribution in [3.8, 4) is 0 Å². The zero-order valence-electron chi connectivity index (χ0n) is 12.8. The van der Waals surface area contributed by atoms with E-state index in [9.17, 15) is 14.7 Å². The smallest absolute Gasteiger partial charge is 0.317 e. The summed E-state index contributed by atoms with van der Waals surface area (Å²) >= 11 is 1.93. The highest BCUT2D eigenvalue weighted by Gasteiger charge is 2.40. The summed E-state index contributed by atoms with van der Waals surface area (Å²) in [6.45, 7) is 0. The summed E-state index contributed by atoms with van der Waals surface area (Å²) in [5, 5.41) is 12.3. The largest absolute Gasteiger partial charge is 0.481 e. The molecule has 2 fully saturated rings. The highest BCUT2D eigenvalue weighted by molar-refractivity contribution is 7.99. The molecular weight excluding hydrogens is 288 g/mol. The lowest BCUT2D eigenvalue weighted by Crippen LogP contribution is -2.56. The highest BCUT2D eigenvalue weighted by Crippen LogP contribution is 2.36. The minimum atomic E-state index is -0.814. The third-order valence-electron chi connectivity index (χ3n) is 4.83. The van der Waals surface area contributed by atoms with Crippen molar-refractivity contribution in [1.29, 1.82) is 0 Å². The summed E-state index contributed by atoms with van der Waals surface area (Å²) in [5.41, 5.74) is -0.502. The second-order valence-electron chi connectivity index (χ2n) is 6.25. The number of amides is 2. The first-order valence-electron chi connectivity index (χ1n) is 7.87. The van der Waals surface area contributed by atoms with Crippen LogP contribution in [0.5, 0.6) is 0 Å². The number of nitrogens with zero attached hydrogens (tertiary/aromatic N) is 1. The van der Waals surface area contributed by atoms with Crippen LogP contribution in [-0.4, -0.2) is 52.1 Å². The van der Waals surface area contributed by atoms with E-state index in [-0.39, 0.29) is 18.5 Å². The van der Waals surface area contributed by atoms with E-state index in [1.165, 1.54) is 0 Å². The summed E-state index contributed by atoms with van der Waals surface area (Å²) in [5.74, 6) is 1.37. The molecule has 1 saturated heterocycles. The molecule has 2 amide bonds. The molecule has 2 aliphatic rings. The number of carbonyl (C=O) groups is 2. The Morgan fingerprint density at radius 2 is 1.86 bits per heavy atom. The van der Waals surface area contributed by atoms with Crippen molar-refractivity contribution in [2.75, 3.05) is 18.6 Å². The van der Waals surface area contributed by atoms with E-state index in [2.05, 4.69) is 5.32 Å². The van der Waals surface area contributed by atoms with Crippen molar-refractivity contribution in [2.24, 2.45) is 0 Å². The molecule has 5 nitrogen and oxygen atoms in total. The topological polar surface area (TPSA) is 69.6 Å². The van der Waals surface area contributed by atoms with Crippen molar-refractivity contribution >= 4 is 23.8 Å². The van der Waals surface area contributed by atoms with Crippen LogP contribution < -0.4 is 5.32 Å². The number of aliphatic carboxylic acids is 1. The Labute approximate surface area is 130 Å². The predicted molar refractivity (Wildman–Crippen MR) is 84.7 cm³/mol. The summed E-state index contributed by atoms with van der Waals surface area (Å²) in [4.78, 5) is 25.4. The van der Waals surface area contributed by atoms with Crippen LogP contribution in [0.25, 0.3) is 0 Å². The van der Waals surface area contributed by atoms with Gasteiger partial charge in [-0.05, 0) is 37.2 Å². The van der Waals surface area contributed by atoms with E-state index in [1.54, 1.807) is 11.9 Å². The highest BCUT2D eigenvalue weighted by atomic mass is 32.2. The number of thioether (sulfide) groups is 1. The molecule has 0 aromatic rings. The Bertz CT molecular complexity index is 377. The maximum Gasteiger partial charge on any atom is 0.317 e. The number of hydrogen-bond acceptors (Lipinski definition) is 3. The molecular formula is C15H26N2O3S. The van der Waals surface area contributed by atoms with Gasteiger partial charge in [-0.15, -0.1) is 0 Å². The van der Waals surface area contributed by atoms with Crippen LogP contribution in [0.3, 0.4) is 0 Å². The number of carboxylic acids is 1. The first-order chi connectivity index (χ1) is 10.0. The Morgan fingerprint density at radius 3 is 2.43 bits per heavy atom. The second-order valence-corrected chi connectivity index (χ2v) is 7.48. The lowest BCUT2D eigenvalue weighted by atomic mass is 9.78. The second kappa shape index (κ2) is 7.38. The van der Waals surface area contributed by atoms with E-state index in [0.717, 1.165) is 56.5 Å². The van der Waals surface area contributed by atoms with Gasteiger partial charge in [0.05, 0.1) is 12.0 Å². The summed E-state index contributed by atoms with van der Waals surface area (Å²) in [7, 11) is 1.77. The van der Waals surface area contributed by atoms with Gasteiger partial charge in [0.15, 0.2) is 0 Å². The van der Waals surface area contributed by atoms with Crippen LogP contribution in [0.4, 0.5) is 4.79 Å². The fourth-order valence-corrected chi connectivity index (χ4v) is 4.56. The molecule has 1 aliphatic heterocycles.